The maximum Gasteiger partial charge on any atom is 0.326 e. The molecule has 21 heavy (non-hydrogen) atoms. The molecule has 2 amide bonds. The summed E-state index contributed by atoms with van der Waals surface area (Å²) in [6, 6.07) is 4.65. The van der Waals surface area contributed by atoms with Crippen molar-refractivity contribution in [2.75, 3.05) is 13.1 Å². The van der Waals surface area contributed by atoms with Gasteiger partial charge in [0, 0.05) is 19.3 Å². The van der Waals surface area contributed by atoms with Crippen molar-refractivity contribution in [2.24, 2.45) is 0 Å². The van der Waals surface area contributed by atoms with Crippen LogP contribution in [0.1, 0.15) is 31.9 Å². The first-order valence-corrected chi connectivity index (χ1v) is 7.31. The topological polar surface area (TPSA) is 73.7 Å². The Hall–Kier alpha value is -2.11. The van der Waals surface area contributed by atoms with Gasteiger partial charge in [0.1, 0.15) is 6.04 Å². The highest BCUT2D eigenvalue weighted by Gasteiger charge is 2.34. The van der Waals surface area contributed by atoms with E-state index in [1.807, 2.05) is 25.1 Å². The number of carboxylic acid groups (broad SMARTS) is 1. The van der Waals surface area contributed by atoms with Crippen molar-refractivity contribution in [3.63, 3.8) is 0 Å². The van der Waals surface area contributed by atoms with E-state index in [1.54, 1.807) is 11.1 Å². The number of rotatable bonds is 4. The quantitative estimate of drug-likeness (QED) is 0.920. The van der Waals surface area contributed by atoms with Crippen LogP contribution >= 0.6 is 0 Å². The normalized spacial score (nSPS) is 18.3. The Morgan fingerprint density at radius 3 is 2.86 bits per heavy atom. The standard InChI is InChI=1S/C15H21N3O3/c1-2-17(11-12-7-3-5-9-16-12)15(21)18-10-6-4-8-13(18)14(19)20/h3,5,7,9,13H,2,4,6,8,10-11H2,1H3,(H,19,20). The van der Waals surface area contributed by atoms with Crippen molar-refractivity contribution in [3.8, 4) is 0 Å². The Labute approximate surface area is 124 Å². The van der Waals surface area contributed by atoms with Crippen LogP contribution in [0.5, 0.6) is 0 Å². The number of aromatic nitrogens is 1. The van der Waals surface area contributed by atoms with E-state index in [0.717, 1.165) is 18.5 Å². The van der Waals surface area contributed by atoms with Gasteiger partial charge in [-0.2, -0.15) is 0 Å². The molecule has 1 saturated heterocycles. The third-order valence-corrected chi connectivity index (χ3v) is 3.76. The summed E-state index contributed by atoms with van der Waals surface area (Å²) in [4.78, 5) is 31.3. The molecule has 0 bridgehead atoms. The first kappa shape index (κ1) is 15.3. The van der Waals surface area contributed by atoms with Crippen LogP contribution < -0.4 is 0 Å². The number of carboxylic acids is 1. The molecule has 1 unspecified atom stereocenters. The summed E-state index contributed by atoms with van der Waals surface area (Å²) < 4.78 is 0. The lowest BCUT2D eigenvalue weighted by Crippen LogP contribution is -2.52. The maximum atomic E-state index is 12.6. The monoisotopic (exact) mass is 291 g/mol. The molecule has 1 fully saturated rings. The van der Waals surface area contributed by atoms with Gasteiger partial charge in [-0.3, -0.25) is 4.98 Å². The van der Waals surface area contributed by atoms with Crippen LogP contribution in [0, 0.1) is 0 Å². The molecule has 0 aromatic carbocycles. The van der Waals surface area contributed by atoms with Gasteiger partial charge in [-0.15, -0.1) is 0 Å². The molecule has 0 spiro atoms. The molecule has 1 N–H and O–H groups in total. The number of urea groups is 1. The van der Waals surface area contributed by atoms with Crippen molar-refractivity contribution >= 4 is 12.0 Å². The Morgan fingerprint density at radius 2 is 2.24 bits per heavy atom. The molecule has 2 heterocycles. The Balaban J connectivity index is 2.09. The highest BCUT2D eigenvalue weighted by Crippen LogP contribution is 2.19. The predicted octanol–water partition coefficient (Wildman–Crippen LogP) is 1.96. The van der Waals surface area contributed by atoms with E-state index in [9.17, 15) is 14.7 Å². The molecule has 0 saturated carbocycles. The second-order valence-electron chi connectivity index (χ2n) is 5.16. The van der Waals surface area contributed by atoms with Gasteiger partial charge in [0.25, 0.3) is 0 Å². The molecule has 2 rings (SSSR count). The van der Waals surface area contributed by atoms with E-state index in [4.69, 9.17) is 0 Å². The molecule has 1 atom stereocenters. The molecule has 0 aliphatic carbocycles. The molecule has 1 aromatic rings. The third-order valence-electron chi connectivity index (χ3n) is 3.76. The van der Waals surface area contributed by atoms with Gasteiger partial charge in [0.05, 0.1) is 12.2 Å². The molecule has 114 valence electrons. The number of amides is 2. The zero-order chi connectivity index (χ0) is 15.2. The molecule has 6 heteroatoms. The second-order valence-corrected chi connectivity index (χ2v) is 5.16. The Morgan fingerprint density at radius 1 is 1.43 bits per heavy atom. The van der Waals surface area contributed by atoms with Crippen LogP contribution in [-0.2, 0) is 11.3 Å². The van der Waals surface area contributed by atoms with Crippen molar-refractivity contribution in [1.82, 2.24) is 14.8 Å². The van der Waals surface area contributed by atoms with Gasteiger partial charge >= 0.3 is 12.0 Å². The second kappa shape index (κ2) is 7.06. The average molecular weight is 291 g/mol. The SMILES string of the molecule is CCN(Cc1ccccn1)C(=O)N1CCCCC1C(=O)O. The van der Waals surface area contributed by atoms with Gasteiger partial charge in [0.15, 0.2) is 0 Å². The van der Waals surface area contributed by atoms with Crippen LogP contribution in [0.15, 0.2) is 24.4 Å². The fourth-order valence-electron chi connectivity index (χ4n) is 2.60. The van der Waals surface area contributed by atoms with E-state index in [0.29, 0.717) is 26.1 Å². The van der Waals surface area contributed by atoms with Crippen molar-refractivity contribution in [1.29, 1.82) is 0 Å². The first-order valence-electron chi connectivity index (χ1n) is 7.31. The van der Waals surface area contributed by atoms with Crippen LogP contribution in [0.3, 0.4) is 0 Å². The van der Waals surface area contributed by atoms with E-state index >= 15 is 0 Å². The summed E-state index contributed by atoms with van der Waals surface area (Å²) >= 11 is 0. The van der Waals surface area contributed by atoms with Gasteiger partial charge in [-0.1, -0.05) is 6.07 Å². The maximum absolute atomic E-state index is 12.6. The third kappa shape index (κ3) is 3.71. The number of piperidine rings is 1. The van der Waals surface area contributed by atoms with Crippen molar-refractivity contribution < 1.29 is 14.7 Å². The lowest BCUT2D eigenvalue weighted by molar-refractivity contribution is -0.143. The van der Waals surface area contributed by atoms with E-state index in [-0.39, 0.29) is 6.03 Å². The molecule has 1 aliphatic rings. The number of hydrogen-bond acceptors (Lipinski definition) is 3. The summed E-state index contributed by atoms with van der Waals surface area (Å²) in [5.41, 5.74) is 0.802. The number of carbonyl (C=O) groups is 2. The van der Waals surface area contributed by atoms with Crippen molar-refractivity contribution in [2.45, 2.75) is 38.8 Å². The summed E-state index contributed by atoms with van der Waals surface area (Å²) in [7, 11) is 0. The smallest absolute Gasteiger partial charge is 0.326 e. The minimum absolute atomic E-state index is 0.213. The lowest BCUT2D eigenvalue weighted by Gasteiger charge is -2.36. The number of aliphatic carboxylic acids is 1. The summed E-state index contributed by atoms with van der Waals surface area (Å²) in [5.74, 6) is -0.920. The minimum atomic E-state index is -0.920. The van der Waals surface area contributed by atoms with Crippen molar-refractivity contribution in [3.05, 3.63) is 30.1 Å². The number of carbonyl (C=O) groups excluding carboxylic acids is 1. The molecular weight excluding hydrogens is 270 g/mol. The van der Waals surface area contributed by atoms with Gasteiger partial charge in [0.2, 0.25) is 0 Å². The first-order chi connectivity index (χ1) is 10.1. The molecule has 1 aliphatic heterocycles. The van der Waals surface area contributed by atoms with Crippen LogP contribution in [0.25, 0.3) is 0 Å². The van der Waals surface area contributed by atoms with Gasteiger partial charge < -0.3 is 14.9 Å². The van der Waals surface area contributed by atoms with Crippen LogP contribution in [0.4, 0.5) is 4.79 Å². The molecule has 6 nitrogen and oxygen atoms in total. The van der Waals surface area contributed by atoms with Crippen LogP contribution in [-0.4, -0.2) is 51.0 Å². The highest BCUT2D eigenvalue weighted by molar-refractivity contribution is 5.82. The Bertz CT molecular complexity index is 492. The largest absolute Gasteiger partial charge is 0.480 e. The van der Waals surface area contributed by atoms with Crippen LogP contribution in [0.2, 0.25) is 0 Å². The minimum Gasteiger partial charge on any atom is -0.480 e. The van der Waals surface area contributed by atoms with E-state index in [1.165, 1.54) is 4.90 Å². The zero-order valence-corrected chi connectivity index (χ0v) is 12.2. The number of pyridine rings is 1. The van der Waals surface area contributed by atoms with Gasteiger partial charge in [-0.05, 0) is 38.3 Å². The highest BCUT2D eigenvalue weighted by atomic mass is 16.4. The fraction of sp³-hybridized carbons (Fsp3) is 0.533. The average Bonchev–Trinajstić information content (AvgIpc) is 2.53. The number of likely N-dealkylation sites (tertiary alicyclic amines) is 1. The van der Waals surface area contributed by atoms with E-state index in [2.05, 4.69) is 4.98 Å². The lowest BCUT2D eigenvalue weighted by atomic mass is 10.0. The zero-order valence-electron chi connectivity index (χ0n) is 12.2. The van der Waals surface area contributed by atoms with E-state index < -0.39 is 12.0 Å². The number of hydrogen-bond donors (Lipinski definition) is 1. The number of nitrogens with zero attached hydrogens (tertiary/aromatic N) is 3. The summed E-state index contributed by atoms with van der Waals surface area (Å²) in [5, 5.41) is 9.28. The summed E-state index contributed by atoms with van der Waals surface area (Å²) in [6.45, 7) is 3.33. The fourth-order valence-corrected chi connectivity index (χ4v) is 2.60. The molecule has 1 aromatic heterocycles. The van der Waals surface area contributed by atoms with Gasteiger partial charge in [-0.25, -0.2) is 9.59 Å². The molecule has 0 radical (unpaired) electrons. The molecular formula is C15H21N3O3. The Kier molecular flexibility index (Phi) is 5.14. The summed E-state index contributed by atoms with van der Waals surface area (Å²) in [6.07, 6.45) is 3.93. The predicted molar refractivity (Wildman–Crippen MR) is 77.7 cm³/mol.